The summed E-state index contributed by atoms with van der Waals surface area (Å²) in [5, 5.41) is 10.9. The summed E-state index contributed by atoms with van der Waals surface area (Å²) >= 11 is 0. The van der Waals surface area contributed by atoms with Gasteiger partial charge in [-0.25, -0.2) is 0 Å². The Morgan fingerprint density at radius 2 is 1.54 bits per heavy atom. The quantitative estimate of drug-likeness (QED) is 0.177. The Bertz CT molecular complexity index is 1130. The maximum absolute atomic E-state index is 12.4. The van der Waals surface area contributed by atoms with Crippen LogP contribution in [-0.2, 0) is 16.0 Å². The maximum Gasteiger partial charge on any atom is 1.00 e. The average molecular weight is 479 g/mol. The van der Waals surface area contributed by atoms with Crippen LogP contribution in [0.2, 0.25) is 0 Å². The van der Waals surface area contributed by atoms with Crippen LogP contribution < -0.4 is 39.4 Å². The molecule has 0 N–H and O–H groups in total. The predicted molar refractivity (Wildman–Crippen MR) is 128 cm³/mol. The van der Waals surface area contributed by atoms with Crippen LogP contribution in [0, 0.1) is 11.8 Å². The summed E-state index contributed by atoms with van der Waals surface area (Å²) < 4.78 is 10.7. The fourth-order valence-corrected chi connectivity index (χ4v) is 3.33. The fourth-order valence-electron chi connectivity index (χ4n) is 3.33. The molecule has 0 saturated carbocycles. The van der Waals surface area contributed by atoms with Gasteiger partial charge in [-0.1, -0.05) is 54.3 Å². The molecular weight excluding hydrogens is 451 g/mol. The Labute approximate surface area is 228 Å². The first-order valence-corrected chi connectivity index (χ1v) is 11.2. The van der Waals surface area contributed by atoms with Crippen LogP contribution in [0.5, 0.6) is 5.75 Å². The van der Waals surface area contributed by atoms with Crippen molar-refractivity contribution in [2.24, 2.45) is 0 Å². The zero-order valence-electron chi connectivity index (χ0n) is 20.2. The molecular formula is C29H27NaO5. The molecule has 6 heteroatoms. The van der Waals surface area contributed by atoms with Crippen molar-refractivity contribution in [2.45, 2.75) is 31.8 Å². The van der Waals surface area contributed by atoms with Crippen molar-refractivity contribution in [1.82, 2.24) is 0 Å². The molecule has 35 heavy (non-hydrogen) atoms. The third-order valence-electron chi connectivity index (χ3n) is 5.27. The Morgan fingerprint density at radius 3 is 2.17 bits per heavy atom. The maximum atomic E-state index is 12.4. The molecule has 3 rings (SSSR count). The van der Waals surface area contributed by atoms with Gasteiger partial charge in [0, 0.05) is 36.6 Å². The van der Waals surface area contributed by atoms with Crippen molar-refractivity contribution in [2.75, 3.05) is 13.7 Å². The third-order valence-corrected chi connectivity index (χ3v) is 5.27. The molecule has 0 amide bonds. The van der Waals surface area contributed by atoms with Crippen LogP contribution in [0.3, 0.4) is 0 Å². The van der Waals surface area contributed by atoms with Gasteiger partial charge in [0.25, 0.3) is 0 Å². The van der Waals surface area contributed by atoms with Gasteiger partial charge in [-0.3, -0.25) is 4.79 Å². The molecule has 0 fully saturated rings. The Kier molecular flexibility index (Phi) is 12.3. The molecule has 0 aliphatic heterocycles. The van der Waals surface area contributed by atoms with Gasteiger partial charge in [0.2, 0.25) is 0 Å². The number of carbonyl (C=O) groups excluding carboxylic acids is 2. The topological polar surface area (TPSA) is 75.7 Å². The van der Waals surface area contributed by atoms with E-state index in [1.807, 2.05) is 66.7 Å². The van der Waals surface area contributed by atoms with Crippen LogP contribution in [0.1, 0.15) is 46.3 Å². The van der Waals surface area contributed by atoms with Crippen LogP contribution in [-0.4, -0.2) is 31.6 Å². The molecule has 0 aliphatic carbocycles. The van der Waals surface area contributed by atoms with Gasteiger partial charge < -0.3 is 19.4 Å². The van der Waals surface area contributed by atoms with Crippen LogP contribution >= 0.6 is 0 Å². The van der Waals surface area contributed by atoms with E-state index in [0.29, 0.717) is 17.7 Å². The molecule has 0 radical (unpaired) electrons. The molecule has 3 aromatic rings. The standard InChI is InChI=1S/C29H28O5.Na/c1-33-27(29(31)32)21-23-14-12-22(13-15-23)9-5-2-3-8-20-34-26-18-16-25(17-19-26)28(30)24-10-6-4-7-11-24;/h4,6-7,10-19,27H,2-3,8,20-21H2,1H3,(H,31,32);/q;+1/p-1/t27-;/m0./s1. The number of ketones is 1. The molecule has 0 heterocycles. The van der Waals surface area contributed by atoms with Crippen LogP contribution in [0.25, 0.3) is 0 Å². The van der Waals surface area contributed by atoms with E-state index in [1.54, 1.807) is 12.1 Å². The number of benzene rings is 3. The van der Waals surface area contributed by atoms with E-state index < -0.39 is 12.1 Å². The first-order valence-electron chi connectivity index (χ1n) is 11.2. The average Bonchev–Trinajstić information content (AvgIpc) is 2.87. The molecule has 0 aromatic heterocycles. The normalized spacial score (nSPS) is 10.9. The van der Waals surface area contributed by atoms with Crippen LogP contribution in [0.15, 0.2) is 78.9 Å². The number of rotatable bonds is 11. The number of hydrogen-bond donors (Lipinski definition) is 0. The van der Waals surface area contributed by atoms with Gasteiger partial charge in [0.05, 0.1) is 12.6 Å². The van der Waals surface area contributed by atoms with Crippen molar-refractivity contribution < 1.29 is 53.7 Å². The van der Waals surface area contributed by atoms with E-state index in [9.17, 15) is 14.7 Å². The van der Waals surface area contributed by atoms with Crippen molar-refractivity contribution >= 4 is 11.8 Å². The minimum absolute atomic E-state index is 0. The van der Waals surface area contributed by atoms with E-state index in [4.69, 9.17) is 9.47 Å². The van der Waals surface area contributed by atoms with Gasteiger partial charge in [0.15, 0.2) is 5.78 Å². The van der Waals surface area contributed by atoms with E-state index in [0.717, 1.165) is 36.1 Å². The van der Waals surface area contributed by atoms with Crippen molar-refractivity contribution in [3.05, 3.63) is 101 Å². The first-order chi connectivity index (χ1) is 16.6. The van der Waals surface area contributed by atoms with Crippen molar-refractivity contribution in [3.63, 3.8) is 0 Å². The molecule has 0 aliphatic rings. The predicted octanol–water partition coefficient (Wildman–Crippen LogP) is 0.830. The molecule has 0 bridgehead atoms. The number of methoxy groups -OCH3 is 1. The zero-order valence-corrected chi connectivity index (χ0v) is 22.2. The van der Waals surface area contributed by atoms with Gasteiger partial charge in [-0.05, 0) is 54.8 Å². The van der Waals surface area contributed by atoms with Crippen LogP contribution in [0.4, 0.5) is 0 Å². The fraction of sp³-hybridized carbons (Fsp3) is 0.241. The first kappa shape index (κ1) is 28.4. The minimum atomic E-state index is -1.22. The second kappa shape index (κ2) is 15.2. The minimum Gasteiger partial charge on any atom is -0.547 e. The molecule has 0 spiro atoms. The summed E-state index contributed by atoms with van der Waals surface area (Å²) in [7, 11) is 1.36. The number of aliphatic carboxylic acids is 1. The summed E-state index contributed by atoms with van der Waals surface area (Å²) in [5.41, 5.74) is 3.05. The Balaban J connectivity index is 0.00000432. The largest absolute Gasteiger partial charge is 1.00 e. The molecule has 0 saturated heterocycles. The van der Waals surface area contributed by atoms with Gasteiger partial charge in [0.1, 0.15) is 11.9 Å². The number of hydrogen-bond acceptors (Lipinski definition) is 5. The SMILES string of the molecule is CO[C@@H](Cc1ccc(C#CCCCCOc2ccc(C(=O)c3ccccc3)cc2)cc1)C(=O)[O-].[Na+]. The van der Waals surface area contributed by atoms with Gasteiger partial charge >= 0.3 is 29.6 Å². The van der Waals surface area contributed by atoms with E-state index >= 15 is 0 Å². The number of unbranched alkanes of at least 4 members (excludes halogenated alkanes) is 2. The van der Waals surface area contributed by atoms with Crippen molar-refractivity contribution in [3.8, 4) is 17.6 Å². The van der Waals surface area contributed by atoms with E-state index in [1.165, 1.54) is 7.11 Å². The summed E-state index contributed by atoms with van der Waals surface area (Å²) in [4.78, 5) is 23.4. The second-order valence-corrected chi connectivity index (χ2v) is 7.77. The van der Waals surface area contributed by atoms with E-state index in [2.05, 4.69) is 11.8 Å². The smallest absolute Gasteiger partial charge is 0.547 e. The molecule has 174 valence electrons. The third kappa shape index (κ3) is 9.35. The Morgan fingerprint density at radius 1 is 0.886 bits per heavy atom. The molecule has 3 aromatic carbocycles. The van der Waals surface area contributed by atoms with E-state index in [-0.39, 0.29) is 41.8 Å². The molecule has 5 nitrogen and oxygen atoms in total. The number of carboxylic acids is 1. The van der Waals surface area contributed by atoms with Gasteiger partial charge in [-0.2, -0.15) is 0 Å². The van der Waals surface area contributed by atoms with Crippen molar-refractivity contribution in [1.29, 1.82) is 0 Å². The molecule has 0 unspecified atom stereocenters. The summed E-state index contributed by atoms with van der Waals surface area (Å²) in [6.45, 7) is 0.585. The van der Waals surface area contributed by atoms with Gasteiger partial charge in [-0.15, -0.1) is 0 Å². The number of carboxylic acid groups (broad SMARTS) is 1. The number of ether oxygens (including phenoxy) is 2. The monoisotopic (exact) mass is 478 g/mol. The zero-order chi connectivity index (χ0) is 24.2. The summed E-state index contributed by atoms with van der Waals surface area (Å²) in [5.74, 6) is 5.79. The second-order valence-electron chi connectivity index (χ2n) is 7.77. The molecule has 1 atom stereocenters. The Hall–Kier alpha value is -2.88. The number of carbonyl (C=O) groups is 2. The summed E-state index contributed by atoms with van der Waals surface area (Å²) in [6, 6.07) is 23.9. The summed E-state index contributed by atoms with van der Waals surface area (Å²) in [6.07, 6.45) is 1.86.